The van der Waals surface area contributed by atoms with Crippen molar-refractivity contribution in [1.29, 1.82) is 0 Å². The van der Waals surface area contributed by atoms with Crippen LogP contribution in [0.15, 0.2) is 36.4 Å². The van der Waals surface area contributed by atoms with E-state index >= 15 is 0 Å². The van der Waals surface area contributed by atoms with Crippen molar-refractivity contribution < 1.29 is 52.7 Å². The summed E-state index contributed by atoms with van der Waals surface area (Å²) in [6.45, 7) is 2.97. The molecule has 52 heavy (non-hydrogen) atoms. The minimum absolute atomic E-state index is 0.00886. The van der Waals surface area contributed by atoms with Crippen LogP contribution >= 0.6 is 7.82 Å². The first kappa shape index (κ1) is 38.1. The van der Waals surface area contributed by atoms with Gasteiger partial charge < -0.3 is 34.8 Å². The number of carbonyl (C=O) groups is 4. The Morgan fingerprint density at radius 3 is 2.52 bits per heavy atom. The Labute approximate surface area is 298 Å². The topological polar surface area (TPSA) is 246 Å². The lowest BCUT2D eigenvalue weighted by molar-refractivity contribution is -0.197. The number of nitrogen functional groups attached to an aromatic ring is 1. The molecule has 6 N–H and O–H groups in total. The highest BCUT2D eigenvalue weighted by molar-refractivity contribution is 7.46. The van der Waals surface area contributed by atoms with E-state index in [4.69, 9.17) is 24.8 Å². The van der Waals surface area contributed by atoms with Crippen LogP contribution in [-0.2, 0) is 52.7 Å². The number of imidazole rings is 1. The number of anilines is 1. The van der Waals surface area contributed by atoms with Crippen molar-refractivity contribution >= 4 is 59.3 Å². The fraction of sp³-hybridized carbons (Fsp3) is 0.412. The largest absolute Gasteiger partial charge is 0.524 e. The molecule has 0 aliphatic carbocycles. The summed E-state index contributed by atoms with van der Waals surface area (Å²) in [6.07, 6.45) is 2.99. The smallest absolute Gasteiger partial charge is 0.504 e. The molecule has 1 saturated heterocycles. The molecule has 0 atom stereocenters. The Kier molecular flexibility index (Phi) is 12.4. The number of aryl methyl sites for hydroxylation is 1. The first-order valence-electron chi connectivity index (χ1n) is 16.9. The van der Waals surface area contributed by atoms with Gasteiger partial charge in [0.2, 0.25) is 5.91 Å². The summed E-state index contributed by atoms with van der Waals surface area (Å²) in [4.78, 5) is 80.4. The van der Waals surface area contributed by atoms with Crippen molar-refractivity contribution in [1.82, 2.24) is 24.9 Å². The lowest BCUT2D eigenvalue weighted by Crippen LogP contribution is -2.32. The second-order valence-corrected chi connectivity index (χ2v) is 13.4. The highest BCUT2D eigenvalue weighted by Crippen LogP contribution is 2.44. The molecule has 2 aromatic heterocycles. The quantitative estimate of drug-likeness (QED) is 0.0559. The number of benzene rings is 2. The molecule has 3 amide bonds. The number of nitrogens with one attached hydrogen (secondary N) is 1. The predicted molar refractivity (Wildman–Crippen MR) is 187 cm³/mol. The van der Waals surface area contributed by atoms with Crippen LogP contribution in [0.4, 0.5) is 5.82 Å². The summed E-state index contributed by atoms with van der Waals surface area (Å²) in [5, 5.41) is 14.4. The number of hydroxylamine groups is 2. The zero-order chi connectivity index (χ0) is 37.4. The molecule has 278 valence electrons. The lowest BCUT2D eigenvalue weighted by atomic mass is 10.1. The van der Waals surface area contributed by atoms with E-state index in [2.05, 4.69) is 17.2 Å². The maximum absolute atomic E-state index is 12.2. The number of aromatic nitrogens is 3. The summed E-state index contributed by atoms with van der Waals surface area (Å²) < 4.78 is 24.3. The Morgan fingerprint density at radius 1 is 1.02 bits per heavy atom. The Bertz CT molecular complexity index is 2010. The molecule has 5 rings (SSSR count). The number of imide groups is 1. The molecule has 1 aliphatic rings. The number of hydrogen-bond acceptors (Lipinski definition) is 12. The van der Waals surface area contributed by atoms with E-state index in [-0.39, 0.29) is 69.3 Å². The molecule has 18 heteroatoms. The van der Waals surface area contributed by atoms with Gasteiger partial charge in [-0.25, -0.2) is 19.3 Å². The Morgan fingerprint density at radius 2 is 1.79 bits per heavy atom. The molecule has 0 spiro atoms. The number of phenols is 1. The number of pyridine rings is 1. The average Bonchev–Trinajstić information content (AvgIpc) is 3.61. The normalized spacial score (nSPS) is 13.3. The van der Waals surface area contributed by atoms with Gasteiger partial charge in [-0.3, -0.25) is 24.2 Å². The number of para-hydroxylation sites is 1. The number of hydrogen-bond donors (Lipinski definition) is 5. The van der Waals surface area contributed by atoms with Gasteiger partial charge in [-0.1, -0.05) is 31.5 Å². The zero-order valence-electron chi connectivity index (χ0n) is 28.6. The predicted octanol–water partition coefficient (Wildman–Crippen LogP) is 3.19. The van der Waals surface area contributed by atoms with Crippen molar-refractivity contribution in [2.45, 2.75) is 71.3 Å². The number of amides is 3. The van der Waals surface area contributed by atoms with Crippen molar-refractivity contribution in [3.63, 3.8) is 0 Å². The average molecular weight is 741 g/mol. The number of fused-ring (bicyclic) bond motifs is 3. The monoisotopic (exact) mass is 740 g/mol. The third kappa shape index (κ3) is 9.61. The van der Waals surface area contributed by atoms with Gasteiger partial charge >= 0.3 is 13.8 Å². The molecule has 2 aromatic carbocycles. The molecule has 4 aromatic rings. The number of phosphoric acid groups is 1. The second kappa shape index (κ2) is 17.0. The highest BCUT2D eigenvalue weighted by atomic mass is 31.2. The molecular formula is C34H41N6O11P. The number of rotatable bonds is 18. The minimum Gasteiger partial charge on any atom is -0.504 e. The first-order valence-corrected chi connectivity index (χ1v) is 18.4. The third-order valence-electron chi connectivity index (χ3n) is 8.30. The van der Waals surface area contributed by atoms with Crippen LogP contribution in [0.1, 0.15) is 68.8 Å². The van der Waals surface area contributed by atoms with E-state index in [0.29, 0.717) is 52.4 Å². The maximum atomic E-state index is 12.2. The van der Waals surface area contributed by atoms with E-state index in [9.17, 15) is 38.6 Å². The lowest BCUT2D eigenvalue weighted by Gasteiger charge is -2.16. The van der Waals surface area contributed by atoms with E-state index in [1.54, 1.807) is 12.1 Å². The number of carbonyl (C=O) groups excluding carboxylic acids is 4. The SMILES string of the molecule is CCCCc1nc2c(N)nc3ccc(CCOCCNC(=O)CCCC(=O)ON4C(=O)CCC4=O)cc3c2n1Cc1cccc(O)c1OP(=O)(O)O. The van der Waals surface area contributed by atoms with Gasteiger partial charge in [0.15, 0.2) is 17.3 Å². The van der Waals surface area contributed by atoms with Gasteiger partial charge in [0, 0.05) is 49.6 Å². The van der Waals surface area contributed by atoms with Crippen LogP contribution in [-0.4, -0.2) is 77.9 Å². The van der Waals surface area contributed by atoms with E-state index in [1.807, 2.05) is 22.8 Å². The standard InChI is InChI=1S/C34H41N6O11P/c1-2-3-8-26-38-31-32(39(26)20-22-6-4-7-25(41)33(22)51-52(46,47)48)23-19-21(11-12-24(23)37-34(31)35)15-17-49-18-16-36-27(42)9-5-10-30(45)50-40-28(43)13-14-29(40)44/h4,6-7,11-12,19,41H,2-3,5,8-10,13-18,20H2,1H3,(H2,35,37)(H,36,42)(H2,46,47,48). The van der Waals surface area contributed by atoms with Crippen LogP contribution in [0.2, 0.25) is 0 Å². The molecule has 3 heterocycles. The summed E-state index contributed by atoms with van der Waals surface area (Å²) >= 11 is 0. The van der Waals surface area contributed by atoms with Gasteiger partial charge in [-0.15, -0.1) is 5.06 Å². The Balaban J connectivity index is 1.21. The van der Waals surface area contributed by atoms with Crippen LogP contribution in [0.3, 0.4) is 0 Å². The first-order chi connectivity index (χ1) is 24.8. The van der Waals surface area contributed by atoms with E-state index in [1.165, 1.54) is 6.07 Å². The highest BCUT2D eigenvalue weighted by Gasteiger charge is 2.32. The van der Waals surface area contributed by atoms with E-state index in [0.717, 1.165) is 23.8 Å². The minimum atomic E-state index is -4.98. The molecule has 1 fully saturated rings. The molecule has 0 bridgehead atoms. The third-order valence-corrected chi connectivity index (χ3v) is 8.72. The summed E-state index contributed by atoms with van der Waals surface area (Å²) in [6, 6.07) is 10.2. The van der Waals surface area contributed by atoms with Crippen LogP contribution in [0, 0.1) is 0 Å². The zero-order valence-corrected chi connectivity index (χ0v) is 29.5. The van der Waals surface area contributed by atoms with Crippen LogP contribution in [0.5, 0.6) is 11.5 Å². The van der Waals surface area contributed by atoms with Gasteiger partial charge in [-0.05, 0) is 43.0 Å². The summed E-state index contributed by atoms with van der Waals surface area (Å²) in [5.74, 6) is -1.98. The maximum Gasteiger partial charge on any atom is 0.524 e. The van der Waals surface area contributed by atoms with Crippen molar-refractivity contribution in [3.05, 3.63) is 53.3 Å². The van der Waals surface area contributed by atoms with Crippen LogP contribution < -0.4 is 15.6 Å². The van der Waals surface area contributed by atoms with Gasteiger partial charge in [0.1, 0.15) is 11.3 Å². The number of nitrogens with two attached hydrogens (primary N) is 1. The second-order valence-electron chi connectivity index (χ2n) is 12.2. The number of aromatic hydroxyl groups is 1. The summed E-state index contributed by atoms with van der Waals surface area (Å²) in [7, 11) is -4.98. The number of unbranched alkanes of at least 4 members (excludes halogenated alkanes) is 1. The molecule has 17 nitrogen and oxygen atoms in total. The van der Waals surface area contributed by atoms with Crippen molar-refractivity contribution in [2.75, 3.05) is 25.5 Å². The molecule has 0 saturated carbocycles. The van der Waals surface area contributed by atoms with Gasteiger partial charge in [0.25, 0.3) is 11.8 Å². The molecule has 0 radical (unpaired) electrons. The number of nitrogens with zero attached hydrogens (tertiary/aromatic N) is 4. The fourth-order valence-electron chi connectivity index (χ4n) is 5.79. The Hall–Kier alpha value is -5.09. The fourth-order valence-corrected chi connectivity index (χ4v) is 6.24. The van der Waals surface area contributed by atoms with Gasteiger partial charge in [0.05, 0.1) is 30.8 Å². The molecule has 1 aliphatic heterocycles. The van der Waals surface area contributed by atoms with Crippen LogP contribution in [0.25, 0.3) is 21.9 Å². The van der Waals surface area contributed by atoms with Crippen molar-refractivity contribution in [3.8, 4) is 11.5 Å². The van der Waals surface area contributed by atoms with Gasteiger partial charge in [-0.2, -0.15) is 0 Å². The molecule has 0 unspecified atom stereocenters. The van der Waals surface area contributed by atoms with E-state index < -0.39 is 31.4 Å². The number of ether oxygens (including phenoxy) is 1. The van der Waals surface area contributed by atoms with Crippen molar-refractivity contribution in [2.24, 2.45) is 0 Å². The molecular weight excluding hydrogens is 699 g/mol. The summed E-state index contributed by atoms with van der Waals surface area (Å²) in [5.41, 5.74) is 9.42. The number of phosphoric ester groups is 1. The number of phenolic OH excluding ortho intramolecular Hbond substituents is 1.